The predicted molar refractivity (Wildman–Crippen MR) is 62.2 cm³/mol. The van der Waals surface area contributed by atoms with E-state index in [0.29, 0.717) is 6.61 Å². The van der Waals surface area contributed by atoms with Gasteiger partial charge in [0, 0.05) is 19.2 Å². The lowest BCUT2D eigenvalue weighted by Crippen LogP contribution is -2.50. The van der Waals surface area contributed by atoms with Gasteiger partial charge in [-0.2, -0.15) is 0 Å². The Morgan fingerprint density at radius 1 is 1.44 bits per heavy atom. The van der Waals surface area contributed by atoms with Crippen molar-refractivity contribution in [3.8, 4) is 0 Å². The maximum absolute atomic E-state index is 12.1. The van der Waals surface area contributed by atoms with E-state index >= 15 is 0 Å². The summed E-state index contributed by atoms with van der Waals surface area (Å²) in [5.74, 6) is 0.0682. The largest absolute Gasteiger partial charge is 0.365 e. The van der Waals surface area contributed by atoms with Crippen molar-refractivity contribution in [2.45, 2.75) is 50.7 Å². The van der Waals surface area contributed by atoms with Crippen molar-refractivity contribution < 1.29 is 9.53 Å². The molecule has 2 unspecified atom stereocenters. The van der Waals surface area contributed by atoms with Crippen molar-refractivity contribution in [1.82, 2.24) is 10.6 Å². The Hall–Kier alpha value is -0.610. The van der Waals surface area contributed by atoms with Crippen molar-refractivity contribution in [2.75, 3.05) is 19.7 Å². The number of hydrogen-bond acceptors (Lipinski definition) is 3. The third kappa shape index (κ3) is 2.74. The van der Waals surface area contributed by atoms with Crippen LogP contribution in [0.4, 0.5) is 0 Å². The highest BCUT2D eigenvalue weighted by Gasteiger charge is 2.38. The van der Waals surface area contributed by atoms with E-state index in [4.69, 9.17) is 4.74 Å². The van der Waals surface area contributed by atoms with E-state index in [0.717, 1.165) is 32.4 Å². The molecule has 2 saturated heterocycles. The molecule has 2 rings (SSSR count). The summed E-state index contributed by atoms with van der Waals surface area (Å²) < 4.78 is 5.54. The molecule has 16 heavy (non-hydrogen) atoms. The molecule has 0 aromatic rings. The smallest absolute Gasteiger partial charge is 0.252 e. The minimum Gasteiger partial charge on any atom is -0.365 e. The normalized spacial score (nSPS) is 35.7. The van der Waals surface area contributed by atoms with Gasteiger partial charge in [0.2, 0.25) is 0 Å². The average molecular weight is 226 g/mol. The maximum Gasteiger partial charge on any atom is 0.252 e. The van der Waals surface area contributed by atoms with Crippen molar-refractivity contribution in [3.63, 3.8) is 0 Å². The zero-order valence-corrected chi connectivity index (χ0v) is 10.1. The molecule has 1 amide bonds. The molecule has 0 radical (unpaired) electrons. The summed E-state index contributed by atoms with van der Waals surface area (Å²) in [5.41, 5.74) is -0.577. The molecule has 0 aromatic heterocycles. The summed E-state index contributed by atoms with van der Waals surface area (Å²) in [4.78, 5) is 12.1. The van der Waals surface area contributed by atoms with Crippen LogP contribution in [0, 0.1) is 0 Å². The van der Waals surface area contributed by atoms with Gasteiger partial charge < -0.3 is 15.4 Å². The van der Waals surface area contributed by atoms with Crippen LogP contribution in [0.2, 0.25) is 0 Å². The van der Waals surface area contributed by atoms with E-state index in [1.165, 1.54) is 12.8 Å². The second kappa shape index (κ2) is 5.15. The number of ether oxygens (including phenoxy) is 1. The molecule has 2 N–H and O–H groups in total. The molecule has 4 nitrogen and oxygen atoms in total. The van der Waals surface area contributed by atoms with Gasteiger partial charge in [0.05, 0.1) is 0 Å². The molecule has 92 valence electrons. The van der Waals surface area contributed by atoms with E-state index in [2.05, 4.69) is 10.6 Å². The second-order valence-electron chi connectivity index (χ2n) is 5.05. The molecule has 4 heteroatoms. The molecule has 0 aromatic carbocycles. The molecule has 2 fully saturated rings. The summed E-state index contributed by atoms with van der Waals surface area (Å²) in [6.07, 6.45) is 5.32. The van der Waals surface area contributed by atoms with Crippen LogP contribution >= 0.6 is 0 Å². The Balaban J connectivity index is 1.85. The highest BCUT2D eigenvalue weighted by molar-refractivity contribution is 5.85. The van der Waals surface area contributed by atoms with Gasteiger partial charge in [0.1, 0.15) is 5.60 Å². The van der Waals surface area contributed by atoms with Gasteiger partial charge in [0.15, 0.2) is 0 Å². The lowest BCUT2D eigenvalue weighted by atomic mass is 10.0. The standard InChI is InChI=1S/C12H22N2O2/c1-12(6-4-8-16-12)11(15)14-10-5-2-3-7-13-9-10/h10,13H,2-9H2,1H3,(H,14,15). The van der Waals surface area contributed by atoms with Gasteiger partial charge in [-0.1, -0.05) is 6.42 Å². The van der Waals surface area contributed by atoms with Gasteiger partial charge in [0.25, 0.3) is 5.91 Å². The molecule has 2 atom stereocenters. The number of nitrogens with one attached hydrogen (secondary N) is 2. The first-order valence-corrected chi connectivity index (χ1v) is 6.36. The lowest BCUT2D eigenvalue weighted by molar-refractivity contribution is -0.140. The first-order valence-electron chi connectivity index (χ1n) is 6.36. The average Bonchev–Trinajstić information content (AvgIpc) is 2.56. The van der Waals surface area contributed by atoms with Gasteiger partial charge in [-0.15, -0.1) is 0 Å². The molecule has 0 bridgehead atoms. The Morgan fingerprint density at radius 3 is 3.06 bits per heavy atom. The van der Waals surface area contributed by atoms with Crippen LogP contribution in [0.25, 0.3) is 0 Å². The molecular formula is C12H22N2O2. The zero-order chi connectivity index (χ0) is 11.4. The monoisotopic (exact) mass is 226 g/mol. The van der Waals surface area contributed by atoms with Crippen LogP contribution in [0.1, 0.15) is 39.0 Å². The number of hydrogen-bond donors (Lipinski definition) is 2. The van der Waals surface area contributed by atoms with E-state index < -0.39 is 5.60 Å². The molecule has 2 heterocycles. The highest BCUT2D eigenvalue weighted by atomic mass is 16.5. The maximum atomic E-state index is 12.1. The predicted octanol–water partition coefficient (Wildman–Crippen LogP) is 0.814. The lowest BCUT2D eigenvalue weighted by Gasteiger charge is -2.25. The van der Waals surface area contributed by atoms with Gasteiger partial charge in [-0.05, 0) is 39.2 Å². The van der Waals surface area contributed by atoms with Crippen molar-refractivity contribution >= 4 is 5.91 Å². The second-order valence-corrected chi connectivity index (χ2v) is 5.05. The Bertz CT molecular complexity index is 241. The fourth-order valence-corrected chi connectivity index (χ4v) is 2.44. The molecule has 2 aliphatic heterocycles. The fraction of sp³-hybridized carbons (Fsp3) is 0.917. The summed E-state index contributed by atoms with van der Waals surface area (Å²) in [6, 6.07) is 0.274. The Labute approximate surface area is 97.1 Å². The minimum atomic E-state index is -0.577. The quantitative estimate of drug-likeness (QED) is 0.732. The topological polar surface area (TPSA) is 50.4 Å². The van der Waals surface area contributed by atoms with Crippen molar-refractivity contribution in [3.05, 3.63) is 0 Å². The van der Waals surface area contributed by atoms with Gasteiger partial charge in [-0.3, -0.25) is 4.79 Å². The molecule has 0 aliphatic carbocycles. The van der Waals surface area contributed by atoms with E-state index in [1.807, 2.05) is 6.92 Å². The Kier molecular flexibility index (Phi) is 3.82. The van der Waals surface area contributed by atoms with Crippen LogP contribution < -0.4 is 10.6 Å². The van der Waals surface area contributed by atoms with E-state index in [9.17, 15) is 4.79 Å². The van der Waals surface area contributed by atoms with Crippen LogP contribution in [0.15, 0.2) is 0 Å². The fourth-order valence-electron chi connectivity index (χ4n) is 2.44. The van der Waals surface area contributed by atoms with E-state index in [-0.39, 0.29) is 11.9 Å². The number of carbonyl (C=O) groups excluding carboxylic acids is 1. The number of rotatable bonds is 2. The van der Waals surface area contributed by atoms with Crippen LogP contribution in [0.5, 0.6) is 0 Å². The SMILES string of the molecule is CC1(C(=O)NC2CCCCNC2)CCCO1. The summed E-state index contributed by atoms with van der Waals surface area (Å²) in [6.45, 7) is 4.58. The minimum absolute atomic E-state index is 0.0682. The third-order valence-corrected chi connectivity index (χ3v) is 3.58. The zero-order valence-electron chi connectivity index (χ0n) is 10.1. The van der Waals surface area contributed by atoms with Crippen LogP contribution in [-0.4, -0.2) is 37.2 Å². The molecule has 2 aliphatic rings. The first-order chi connectivity index (χ1) is 7.71. The van der Waals surface area contributed by atoms with Crippen molar-refractivity contribution in [2.24, 2.45) is 0 Å². The van der Waals surface area contributed by atoms with Crippen LogP contribution in [0.3, 0.4) is 0 Å². The highest BCUT2D eigenvalue weighted by Crippen LogP contribution is 2.25. The molecular weight excluding hydrogens is 204 g/mol. The summed E-state index contributed by atoms with van der Waals surface area (Å²) in [7, 11) is 0. The number of carbonyl (C=O) groups is 1. The summed E-state index contributed by atoms with van der Waals surface area (Å²) >= 11 is 0. The number of amides is 1. The van der Waals surface area contributed by atoms with Crippen LogP contribution in [-0.2, 0) is 9.53 Å². The van der Waals surface area contributed by atoms with E-state index in [1.54, 1.807) is 0 Å². The third-order valence-electron chi connectivity index (χ3n) is 3.58. The first kappa shape index (κ1) is 11.9. The Morgan fingerprint density at radius 2 is 2.31 bits per heavy atom. The molecule has 0 saturated carbocycles. The summed E-state index contributed by atoms with van der Waals surface area (Å²) in [5, 5.41) is 6.47. The molecule has 0 spiro atoms. The van der Waals surface area contributed by atoms with Gasteiger partial charge >= 0.3 is 0 Å². The van der Waals surface area contributed by atoms with Crippen molar-refractivity contribution in [1.29, 1.82) is 0 Å². The van der Waals surface area contributed by atoms with Gasteiger partial charge in [-0.25, -0.2) is 0 Å².